The van der Waals surface area contributed by atoms with Gasteiger partial charge in [0.2, 0.25) is 5.78 Å². The van der Waals surface area contributed by atoms with E-state index < -0.39 is 23.5 Å². The van der Waals surface area contributed by atoms with Crippen molar-refractivity contribution in [3.8, 4) is 22.1 Å². The van der Waals surface area contributed by atoms with Crippen molar-refractivity contribution in [1.82, 2.24) is 9.88 Å². The fourth-order valence-corrected chi connectivity index (χ4v) is 5.13. The van der Waals surface area contributed by atoms with E-state index in [0.29, 0.717) is 32.6 Å². The quantitative estimate of drug-likeness (QED) is 0.441. The number of amides is 1. The van der Waals surface area contributed by atoms with Gasteiger partial charge in [0.25, 0.3) is 5.91 Å². The number of benzene rings is 2. The van der Waals surface area contributed by atoms with E-state index in [1.165, 1.54) is 37.6 Å². The van der Waals surface area contributed by atoms with E-state index in [-0.39, 0.29) is 18.7 Å². The van der Waals surface area contributed by atoms with E-state index in [2.05, 4.69) is 4.98 Å². The molecule has 1 unspecified atom stereocenters. The van der Waals surface area contributed by atoms with Crippen LogP contribution < -0.4 is 9.47 Å². The Kier molecular flexibility index (Phi) is 7.18. The standard InChI is InChI=1S/C26H26N2O6S/c1-15-24(35-25(27-15)16-8-6-5-7-9-16)22(29)20-21(28(12-13-32-2)26(31)23(20)30)17-10-11-18(33-3)19(14-17)34-4/h5-11,14,21,30H,12-13H2,1-4H3. The van der Waals surface area contributed by atoms with Crippen molar-refractivity contribution in [2.24, 2.45) is 0 Å². The maximum atomic E-state index is 13.8. The second kappa shape index (κ2) is 10.3. The molecule has 35 heavy (non-hydrogen) atoms. The van der Waals surface area contributed by atoms with Gasteiger partial charge in [-0.2, -0.15) is 0 Å². The summed E-state index contributed by atoms with van der Waals surface area (Å²) in [7, 11) is 4.56. The minimum Gasteiger partial charge on any atom is -0.503 e. The molecule has 0 bridgehead atoms. The van der Waals surface area contributed by atoms with E-state index in [9.17, 15) is 14.7 Å². The third-order valence-corrected chi connectivity index (χ3v) is 7.04. The molecule has 0 aliphatic carbocycles. The Morgan fingerprint density at radius 1 is 1.09 bits per heavy atom. The van der Waals surface area contributed by atoms with Gasteiger partial charge in [0.15, 0.2) is 17.3 Å². The smallest absolute Gasteiger partial charge is 0.290 e. The van der Waals surface area contributed by atoms with E-state index in [1.54, 1.807) is 25.1 Å². The van der Waals surface area contributed by atoms with Crippen molar-refractivity contribution in [3.05, 3.63) is 76.0 Å². The largest absolute Gasteiger partial charge is 0.503 e. The second-order valence-electron chi connectivity index (χ2n) is 7.90. The van der Waals surface area contributed by atoms with Crippen LogP contribution in [0.25, 0.3) is 10.6 Å². The van der Waals surface area contributed by atoms with E-state index in [4.69, 9.17) is 14.2 Å². The number of methoxy groups -OCH3 is 3. The van der Waals surface area contributed by atoms with Crippen LogP contribution in [-0.2, 0) is 9.53 Å². The van der Waals surface area contributed by atoms with Gasteiger partial charge in [0.1, 0.15) is 5.01 Å². The zero-order valence-electron chi connectivity index (χ0n) is 19.9. The molecule has 8 nitrogen and oxygen atoms in total. The number of carbonyl (C=O) groups is 2. The maximum absolute atomic E-state index is 13.8. The molecule has 0 radical (unpaired) electrons. The van der Waals surface area contributed by atoms with Crippen LogP contribution in [0.1, 0.15) is 27.0 Å². The van der Waals surface area contributed by atoms with Crippen LogP contribution in [0.15, 0.2) is 59.9 Å². The lowest BCUT2D eigenvalue weighted by Crippen LogP contribution is -2.34. The summed E-state index contributed by atoms with van der Waals surface area (Å²) in [5, 5.41) is 11.6. The predicted octanol–water partition coefficient (Wildman–Crippen LogP) is 4.36. The highest BCUT2D eigenvalue weighted by molar-refractivity contribution is 7.17. The van der Waals surface area contributed by atoms with Crippen molar-refractivity contribution in [2.45, 2.75) is 13.0 Å². The number of aliphatic hydroxyl groups excluding tert-OH is 1. The van der Waals surface area contributed by atoms with Gasteiger partial charge in [0, 0.05) is 19.2 Å². The zero-order valence-corrected chi connectivity index (χ0v) is 20.7. The number of ketones is 1. The van der Waals surface area contributed by atoms with E-state index in [0.717, 1.165) is 5.56 Å². The summed E-state index contributed by atoms with van der Waals surface area (Å²) in [6.07, 6.45) is 0. The molecule has 1 N–H and O–H groups in total. The van der Waals surface area contributed by atoms with Crippen LogP contribution in [0.5, 0.6) is 11.5 Å². The molecule has 182 valence electrons. The monoisotopic (exact) mass is 494 g/mol. The molecular weight excluding hydrogens is 468 g/mol. The second-order valence-corrected chi connectivity index (χ2v) is 8.90. The number of hydrogen-bond acceptors (Lipinski definition) is 8. The molecule has 2 aromatic carbocycles. The molecule has 3 aromatic rings. The summed E-state index contributed by atoms with van der Waals surface area (Å²) in [6.45, 7) is 2.17. The van der Waals surface area contributed by atoms with Crippen molar-refractivity contribution < 1.29 is 28.9 Å². The normalized spacial score (nSPS) is 15.6. The Hall–Kier alpha value is -3.69. The number of aryl methyl sites for hydroxylation is 1. The van der Waals surface area contributed by atoms with Gasteiger partial charge in [-0.3, -0.25) is 9.59 Å². The molecule has 9 heteroatoms. The van der Waals surface area contributed by atoms with Gasteiger partial charge in [-0.25, -0.2) is 4.98 Å². The van der Waals surface area contributed by atoms with Gasteiger partial charge in [-0.1, -0.05) is 36.4 Å². The highest BCUT2D eigenvalue weighted by atomic mass is 32.1. The van der Waals surface area contributed by atoms with Gasteiger partial charge in [-0.15, -0.1) is 11.3 Å². The third kappa shape index (κ3) is 4.52. The fraction of sp³-hybridized carbons (Fsp3) is 0.269. The SMILES string of the molecule is COCCN1C(=O)C(O)=C(C(=O)c2sc(-c3ccccc3)nc2C)C1c1ccc(OC)c(OC)c1. The van der Waals surface area contributed by atoms with Crippen LogP contribution in [0.4, 0.5) is 0 Å². The van der Waals surface area contributed by atoms with Crippen LogP contribution in [0.2, 0.25) is 0 Å². The highest BCUT2D eigenvalue weighted by Crippen LogP contribution is 2.42. The Morgan fingerprint density at radius 2 is 1.80 bits per heavy atom. The summed E-state index contributed by atoms with van der Waals surface area (Å²) < 4.78 is 15.9. The average Bonchev–Trinajstić information content (AvgIpc) is 3.39. The van der Waals surface area contributed by atoms with Crippen LogP contribution in [0.3, 0.4) is 0 Å². The number of Topliss-reactive ketones (excluding diaryl/α,β-unsaturated/α-hetero) is 1. The van der Waals surface area contributed by atoms with Gasteiger partial charge in [0.05, 0.1) is 43.0 Å². The first-order chi connectivity index (χ1) is 16.9. The summed E-state index contributed by atoms with van der Waals surface area (Å²) in [4.78, 5) is 33.3. The maximum Gasteiger partial charge on any atom is 0.290 e. The molecule has 2 heterocycles. The highest BCUT2D eigenvalue weighted by Gasteiger charge is 2.44. The fourth-order valence-electron chi connectivity index (χ4n) is 4.11. The lowest BCUT2D eigenvalue weighted by molar-refractivity contribution is -0.130. The number of aliphatic hydroxyl groups is 1. The first kappa shape index (κ1) is 24.4. The Labute approximate surface area is 207 Å². The molecule has 4 rings (SSSR count). The van der Waals surface area contributed by atoms with Gasteiger partial charge >= 0.3 is 0 Å². The minimum atomic E-state index is -0.827. The number of hydrogen-bond donors (Lipinski definition) is 1. The lowest BCUT2D eigenvalue weighted by Gasteiger charge is -2.27. The predicted molar refractivity (Wildman–Crippen MR) is 132 cm³/mol. The number of rotatable bonds is 9. The summed E-state index contributed by atoms with van der Waals surface area (Å²) in [6, 6.07) is 13.9. The number of thiazole rings is 1. The number of carbonyl (C=O) groups excluding carboxylic acids is 2. The zero-order chi connectivity index (χ0) is 25.1. The Morgan fingerprint density at radius 3 is 2.46 bits per heavy atom. The molecule has 0 saturated heterocycles. The van der Waals surface area contributed by atoms with Crippen LogP contribution in [-0.4, -0.2) is 61.2 Å². The molecule has 1 aromatic heterocycles. The molecule has 0 saturated carbocycles. The van der Waals surface area contributed by atoms with Gasteiger partial charge in [-0.05, 0) is 24.6 Å². The molecule has 1 atom stereocenters. The summed E-state index contributed by atoms with van der Waals surface area (Å²) >= 11 is 1.24. The topological polar surface area (TPSA) is 98.2 Å². The number of ether oxygens (including phenoxy) is 3. The summed E-state index contributed by atoms with van der Waals surface area (Å²) in [5.41, 5.74) is 2.03. The lowest BCUT2D eigenvalue weighted by atomic mass is 9.94. The Bertz CT molecular complexity index is 1280. The number of nitrogens with zero attached hydrogens (tertiary/aromatic N) is 2. The molecule has 1 amide bonds. The first-order valence-corrected chi connectivity index (χ1v) is 11.7. The van der Waals surface area contributed by atoms with Crippen LogP contribution in [0, 0.1) is 6.92 Å². The van der Waals surface area contributed by atoms with Crippen molar-refractivity contribution in [3.63, 3.8) is 0 Å². The van der Waals surface area contributed by atoms with Crippen molar-refractivity contribution in [2.75, 3.05) is 34.5 Å². The number of aromatic nitrogens is 1. The minimum absolute atomic E-state index is 0.00434. The molecule has 1 aliphatic heterocycles. The van der Waals surface area contributed by atoms with E-state index >= 15 is 0 Å². The molecule has 1 aliphatic rings. The van der Waals surface area contributed by atoms with Gasteiger partial charge < -0.3 is 24.2 Å². The molecular formula is C26H26N2O6S. The third-order valence-electron chi connectivity index (χ3n) is 5.83. The van der Waals surface area contributed by atoms with E-state index in [1.807, 2.05) is 30.3 Å². The first-order valence-electron chi connectivity index (χ1n) is 10.9. The average molecular weight is 495 g/mol. The molecule has 0 spiro atoms. The Balaban J connectivity index is 1.80. The van der Waals surface area contributed by atoms with Crippen molar-refractivity contribution in [1.29, 1.82) is 0 Å². The molecule has 0 fully saturated rings. The van der Waals surface area contributed by atoms with Crippen molar-refractivity contribution >= 4 is 23.0 Å². The van der Waals surface area contributed by atoms with Crippen LogP contribution >= 0.6 is 11.3 Å². The summed E-state index contributed by atoms with van der Waals surface area (Å²) in [5.74, 6) is -0.679.